The van der Waals surface area contributed by atoms with E-state index >= 15 is 0 Å². The Morgan fingerprint density at radius 1 is 1.21 bits per heavy atom. The Balaban J connectivity index is 1.66. The first kappa shape index (κ1) is 21.3. The van der Waals surface area contributed by atoms with Gasteiger partial charge in [0.25, 0.3) is 5.91 Å². The summed E-state index contributed by atoms with van der Waals surface area (Å²) in [7, 11) is 0. The molecule has 0 aromatic carbocycles. The molecule has 1 fully saturated rings. The summed E-state index contributed by atoms with van der Waals surface area (Å²) in [5, 5.41) is 1.90. The van der Waals surface area contributed by atoms with Gasteiger partial charge < -0.3 is 14.6 Å². The number of esters is 1. The summed E-state index contributed by atoms with van der Waals surface area (Å²) in [4.78, 5) is 45.5. The molecule has 0 radical (unpaired) electrons. The third-order valence-corrected chi connectivity index (χ3v) is 6.28. The minimum Gasteiger partial charge on any atom is -0.462 e. The SMILES string of the molecule is CCOC(=O)c1c(C)[nH]c(C(=O)[C@H](C)N2CCN(C(=O)c3cccs3)CC2)c1C. The van der Waals surface area contributed by atoms with Crippen molar-refractivity contribution in [2.45, 2.75) is 33.7 Å². The van der Waals surface area contributed by atoms with Gasteiger partial charge in [0.15, 0.2) is 5.78 Å². The first-order chi connectivity index (χ1) is 13.8. The summed E-state index contributed by atoms with van der Waals surface area (Å²) in [6.45, 7) is 9.91. The van der Waals surface area contributed by atoms with Crippen molar-refractivity contribution in [2.75, 3.05) is 32.8 Å². The fourth-order valence-corrected chi connectivity index (χ4v) is 4.44. The molecule has 1 aliphatic heterocycles. The number of hydrogen-bond acceptors (Lipinski definition) is 6. The van der Waals surface area contributed by atoms with Gasteiger partial charge in [-0.2, -0.15) is 0 Å². The van der Waals surface area contributed by atoms with E-state index in [-0.39, 0.29) is 24.3 Å². The molecule has 0 unspecified atom stereocenters. The maximum Gasteiger partial charge on any atom is 0.340 e. The number of thiophene rings is 1. The van der Waals surface area contributed by atoms with E-state index in [0.29, 0.717) is 48.7 Å². The van der Waals surface area contributed by atoms with E-state index in [1.165, 1.54) is 11.3 Å². The molecule has 29 heavy (non-hydrogen) atoms. The first-order valence-electron chi connectivity index (χ1n) is 9.82. The number of hydrogen-bond donors (Lipinski definition) is 1. The van der Waals surface area contributed by atoms with Gasteiger partial charge in [-0.3, -0.25) is 14.5 Å². The van der Waals surface area contributed by atoms with E-state index < -0.39 is 5.97 Å². The summed E-state index contributed by atoms with van der Waals surface area (Å²) < 4.78 is 5.11. The number of carbonyl (C=O) groups is 3. The van der Waals surface area contributed by atoms with E-state index in [0.717, 1.165) is 4.88 Å². The minimum absolute atomic E-state index is 0.0496. The second kappa shape index (κ2) is 8.92. The number of Topliss-reactive ketones (excluding diaryl/α,β-unsaturated/α-hetero) is 1. The van der Waals surface area contributed by atoms with E-state index in [9.17, 15) is 14.4 Å². The van der Waals surface area contributed by atoms with Crippen LogP contribution in [0.1, 0.15) is 55.6 Å². The highest BCUT2D eigenvalue weighted by Crippen LogP contribution is 2.22. The number of rotatable bonds is 6. The number of nitrogens with zero attached hydrogens (tertiary/aromatic N) is 2. The Bertz CT molecular complexity index is 895. The van der Waals surface area contributed by atoms with Crippen LogP contribution >= 0.6 is 11.3 Å². The average Bonchev–Trinajstić information content (AvgIpc) is 3.35. The number of piperazine rings is 1. The van der Waals surface area contributed by atoms with Crippen LogP contribution in [0.4, 0.5) is 0 Å². The van der Waals surface area contributed by atoms with Gasteiger partial charge in [0.05, 0.1) is 28.8 Å². The van der Waals surface area contributed by atoms with Crippen molar-refractivity contribution >= 4 is 29.0 Å². The molecule has 0 saturated carbocycles. The number of aromatic amines is 1. The lowest BCUT2D eigenvalue weighted by Crippen LogP contribution is -2.53. The predicted molar refractivity (Wildman–Crippen MR) is 112 cm³/mol. The Morgan fingerprint density at radius 2 is 1.90 bits per heavy atom. The van der Waals surface area contributed by atoms with Crippen molar-refractivity contribution in [2.24, 2.45) is 0 Å². The highest BCUT2D eigenvalue weighted by Gasteiger charge is 2.31. The van der Waals surface area contributed by atoms with Crippen LogP contribution in [0.15, 0.2) is 17.5 Å². The molecule has 8 heteroatoms. The molecular weight excluding hydrogens is 390 g/mol. The van der Waals surface area contributed by atoms with Crippen LogP contribution in [-0.4, -0.2) is 71.3 Å². The van der Waals surface area contributed by atoms with Gasteiger partial charge in [-0.05, 0) is 44.7 Å². The third-order valence-electron chi connectivity index (χ3n) is 5.42. The van der Waals surface area contributed by atoms with Crippen LogP contribution in [0, 0.1) is 13.8 Å². The molecule has 1 amide bonds. The zero-order chi connectivity index (χ0) is 21.1. The summed E-state index contributed by atoms with van der Waals surface area (Å²) in [5.41, 5.74) is 2.16. The lowest BCUT2D eigenvalue weighted by molar-refractivity contribution is 0.0523. The van der Waals surface area contributed by atoms with Crippen LogP contribution in [0.25, 0.3) is 0 Å². The van der Waals surface area contributed by atoms with Gasteiger partial charge in [0, 0.05) is 31.9 Å². The Hall–Kier alpha value is -2.45. The van der Waals surface area contributed by atoms with E-state index in [1.807, 2.05) is 29.3 Å². The molecule has 156 valence electrons. The lowest BCUT2D eigenvalue weighted by atomic mass is 10.0. The second-order valence-electron chi connectivity index (χ2n) is 7.19. The first-order valence-corrected chi connectivity index (χ1v) is 10.7. The average molecular weight is 418 g/mol. The molecule has 0 spiro atoms. The Kier molecular flexibility index (Phi) is 6.54. The summed E-state index contributed by atoms with van der Waals surface area (Å²) in [6.07, 6.45) is 0. The monoisotopic (exact) mass is 417 g/mol. The van der Waals surface area contributed by atoms with Crippen LogP contribution in [0.2, 0.25) is 0 Å². The maximum absolute atomic E-state index is 13.1. The summed E-state index contributed by atoms with van der Waals surface area (Å²) >= 11 is 1.44. The predicted octanol–water partition coefficient (Wildman–Crippen LogP) is 2.90. The lowest BCUT2D eigenvalue weighted by Gasteiger charge is -2.37. The van der Waals surface area contributed by atoms with Crippen LogP contribution in [-0.2, 0) is 4.74 Å². The molecular formula is C21H27N3O4S. The zero-order valence-electron chi connectivity index (χ0n) is 17.3. The van der Waals surface area contributed by atoms with Crippen molar-refractivity contribution in [1.29, 1.82) is 0 Å². The molecule has 2 aromatic heterocycles. The van der Waals surface area contributed by atoms with Gasteiger partial charge in [-0.25, -0.2) is 4.79 Å². The molecule has 7 nitrogen and oxygen atoms in total. The minimum atomic E-state index is -0.411. The van der Waals surface area contributed by atoms with Gasteiger partial charge in [-0.15, -0.1) is 11.3 Å². The highest BCUT2D eigenvalue weighted by molar-refractivity contribution is 7.12. The Labute approximate surface area is 174 Å². The maximum atomic E-state index is 13.1. The fraction of sp³-hybridized carbons (Fsp3) is 0.476. The quantitative estimate of drug-likeness (QED) is 0.577. The smallest absolute Gasteiger partial charge is 0.340 e. The van der Waals surface area contributed by atoms with E-state index in [1.54, 1.807) is 20.8 Å². The number of ether oxygens (including phenoxy) is 1. The number of nitrogens with one attached hydrogen (secondary N) is 1. The zero-order valence-corrected chi connectivity index (χ0v) is 18.1. The van der Waals surface area contributed by atoms with Crippen molar-refractivity contribution in [3.8, 4) is 0 Å². The largest absolute Gasteiger partial charge is 0.462 e. The normalized spacial score (nSPS) is 15.9. The number of carbonyl (C=O) groups excluding carboxylic acids is 3. The van der Waals surface area contributed by atoms with Crippen molar-refractivity contribution in [3.05, 3.63) is 44.9 Å². The molecule has 2 aromatic rings. The van der Waals surface area contributed by atoms with Crippen molar-refractivity contribution < 1.29 is 19.1 Å². The molecule has 1 N–H and O–H groups in total. The van der Waals surface area contributed by atoms with Crippen molar-refractivity contribution in [3.63, 3.8) is 0 Å². The molecule has 0 bridgehead atoms. The number of H-pyrrole nitrogens is 1. The summed E-state index contributed by atoms with van der Waals surface area (Å²) in [6, 6.07) is 3.36. The van der Waals surface area contributed by atoms with E-state index in [2.05, 4.69) is 9.88 Å². The summed E-state index contributed by atoms with van der Waals surface area (Å²) in [5.74, 6) is -0.418. The van der Waals surface area contributed by atoms with Crippen LogP contribution in [0.3, 0.4) is 0 Å². The number of ketones is 1. The van der Waals surface area contributed by atoms with Crippen molar-refractivity contribution in [1.82, 2.24) is 14.8 Å². The molecule has 0 aliphatic carbocycles. The highest BCUT2D eigenvalue weighted by atomic mass is 32.1. The number of aromatic nitrogens is 1. The Morgan fingerprint density at radius 3 is 2.48 bits per heavy atom. The molecule has 3 heterocycles. The van der Waals surface area contributed by atoms with Gasteiger partial charge in [0.1, 0.15) is 0 Å². The second-order valence-corrected chi connectivity index (χ2v) is 8.14. The van der Waals surface area contributed by atoms with Gasteiger partial charge >= 0.3 is 5.97 Å². The third kappa shape index (κ3) is 4.28. The molecule has 3 rings (SSSR count). The molecule has 1 atom stereocenters. The number of amides is 1. The van der Waals surface area contributed by atoms with E-state index in [4.69, 9.17) is 4.74 Å². The molecule has 1 aliphatic rings. The van der Waals surface area contributed by atoms with Gasteiger partial charge in [-0.1, -0.05) is 6.07 Å². The van der Waals surface area contributed by atoms with Crippen LogP contribution in [0.5, 0.6) is 0 Å². The number of aryl methyl sites for hydroxylation is 1. The molecule has 1 saturated heterocycles. The van der Waals surface area contributed by atoms with Crippen LogP contribution < -0.4 is 0 Å². The standard InChI is InChI=1S/C21H27N3O4S/c1-5-28-21(27)17-13(2)18(22-14(17)3)19(25)15(4)23-8-10-24(11-9-23)20(26)16-7-6-12-29-16/h6-7,12,15,22H,5,8-11H2,1-4H3/t15-/m0/s1. The van der Waals surface area contributed by atoms with Gasteiger partial charge in [0.2, 0.25) is 0 Å². The fourth-order valence-electron chi connectivity index (χ4n) is 3.75. The topological polar surface area (TPSA) is 82.7 Å².